The molecule has 0 saturated carbocycles. The Hall–Kier alpha value is -2.86. The Morgan fingerprint density at radius 1 is 1.19 bits per heavy atom. The van der Waals surface area contributed by atoms with Crippen molar-refractivity contribution >= 4 is 23.2 Å². The summed E-state index contributed by atoms with van der Waals surface area (Å²) in [5, 5.41) is 11.3. The zero-order valence-corrected chi connectivity index (χ0v) is 15.0. The van der Waals surface area contributed by atoms with Gasteiger partial charge in [0.25, 0.3) is 5.91 Å². The maximum Gasteiger partial charge on any atom is 0.262 e. The third-order valence-corrected chi connectivity index (χ3v) is 3.75. The van der Waals surface area contributed by atoms with Gasteiger partial charge in [-0.3, -0.25) is 4.79 Å². The summed E-state index contributed by atoms with van der Waals surface area (Å²) < 4.78 is 11.1. The number of amides is 1. The lowest BCUT2D eigenvalue weighted by Crippen LogP contribution is -2.20. The number of anilines is 1. The average molecular weight is 372 g/mol. The first-order chi connectivity index (χ1) is 12.6. The van der Waals surface area contributed by atoms with Crippen molar-refractivity contribution in [2.75, 3.05) is 11.9 Å². The van der Waals surface area contributed by atoms with Gasteiger partial charge in [-0.1, -0.05) is 24.6 Å². The number of hydrogen-bond acceptors (Lipinski definition) is 5. The highest BCUT2D eigenvalue weighted by Crippen LogP contribution is 2.22. The minimum Gasteiger partial charge on any atom is -0.484 e. The van der Waals surface area contributed by atoms with Crippen molar-refractivity contribution in [3.05, 3.63) is 59.4 Å². The molecule has 0 aliphatic heterocycles. The van der Waals surface area contributed by atoms with Gasteiger partial charge in [0.2, 0.25) is 11.8 Å². The molecule has 1 N–H and O–H groups in total. The number of aromatic nitrogens is 2. The second-order valence-corrected chi connectivity index (χ2v) is 6.06. The highest BCUT2D eigenvalue weighted by atomic mass is 35.5. The minimum absolute atomic E-state index is 0.104. The van der Waals surface area contributed by atoms with Crippen LogP contribution < -0.4 is 10.1 Å². The standard InChI is InChI=1S/C19H18ClN3O3/c1-2-4-18-22-23-19(26-18)13-7-9-16(10-8-13)25-12-17(24)21-15-6-3-5-14(20)11-15/h3,5-11H,2,4,12H2,1H3,(H,21,24). The monoisotopic (exact) mass is 371 g/mol. The van der Waals surface area contributed by atoms with Crippen LogP contribution in [0.3, 0.4) is 0 Å². The van der Waals surface area contributed by atoms with Crippen LogP contribution in [0.25, 0.3) is 11.5 Å². The predicted octanol–water partition coefficient (Wildman–Crippen LogP) is 4.36. The van der Waals surface area contributed by atoms with Gasteiger partial charge < -0.3 is 14.5 Å². The highest BCUT2D eigenvalue weighted by Gasteiger charge is 2.09. The molecule has 1 amide bonds. The first-order valence-corrected chi connectivity index (χ1v) is 8.63. The van der Waals surface area contributed by atoms with Gasteiger partial charge in [-0.25, -0.2) is 0 Å². The molecule has 0 aliphatic carbocycles. The molecule has 0 spiro atoms. The van der Waals surface area contributed by atoms with Crippen molar-refractivity contribution < 1.29 is 13.9 Å². The van der Waals surface area contributed by atoms with E-state index in [4.69, 9.17) is 20.8 Å². The van der Waals surface area contributed by atoms with Crippen molar-refractivity contribution in [1.82, 2.24) is 10.2 Å². The van der Waals surface area contributed by atoms with Crippen LogP contribution >= 0.6 is 11.6 Å². The predicted molar refractivity (Wildman–Crippen MR) is 99.3 cm³/mol. The van der Waals surface area contributed by atoms with Crippen LogP contribution in [0.15, 0.2) is 52.9 Å². The zero-order valence-electron chi connectivity index (χ0n) is 14.2. The first-order valence-electron chi connectivity index (χ1n) is 8.25. The smallest absolute Gasteiger partial charge is 0.262 e. The van der Waals surface area contributed by atoms with Gasteiger partial charge in [0.05, 0.1) is 0 Å². The van der Waals surface area contributed by atoms with E-state index in [2.05, 4.69) is 22.4 Å². The quantitative estimate of drug-likeness (QED) is 0.667. The molecule has 0 fully saturated rings. The molecular formula is C19H18ClN3O3. The van der Waals surface area contributed by atoms with Gasteiger partial charge in [-0.15, -0.1) is 10.2 Å². The molecule has 0 bridgehead atoms. The molecule has 26 heavy (non-hydrogen) atoms. The maximum atomic E-state index is 11.9. The van der Waals surface area contributed by atoms with Gasteiger partial charge in [0, 0.05) is 22.7 Å². The summed E-state index contributed by atoms with van der Waals surface area (Å²) in [5.74, 6) is 1.40. The number of rotatable bonds is 7. The normalized spacial score (nSPS) is 10.5. The lowest BCUT2D eigenvalue weighted by atomic mass is 10.2. The Labute approximate surface area is 156 Å². The van der Waals surface area contributed by atoms with Crippen molar-refractivity contribution in [2.45, 2.75) is 19.8 Å². The van der Waals surface area contributed by atoms with E-state index in [1.54, 1.807) is 36.4 Å². The molecule has 1 aromatic heterocycles. The average Bonchev–Trinajstić information content (AvgIpc) is 3.09. The third kappa shape index (κ3) is 4.83. The summed E-state index contributed by atoms with van der Waals surface area (Å²) >= 11 is 5.89. The number of aryl methyl sites for hydroxylation is 1. The summed E-state index contributed by atoms with van der Waals surface area (Å²) in [7, 11) is 0. The second kappa shape index (κ2) is 8.49. The lowest BCUT2D eigenvalue weighted by molar-refractivity contribution is -0.118. The Morgan fingerprint density at radius 3 is 2.73 bits per heavy atom. The van der Waals surface area contributed by atoms with E-state index in [0.29, 0.717) is 28.2 Å². The molecule has 3 aromatic rings. The fourth-order valence-electron chi connectivity index (χ4n) is 2.29. The van der Waals surface area contributed by atoms with Crippen molar-refractivity contribution in [3.8, 4) is 17.2 Å². The first kappa shape index (κ1) is 17.9. The maximum absolute atomic E-state index is 11.9. The van der Waals surface area contributed by atoms with E-state index in [9.17, 15) is 4.79 Å². The summed E-state index contributed by atoms with van der Waals surface area (Å²) in [4.78, 5) is 11.9. The van der Waals surface area contributed by atoms with Crippen LogP contribution in [0.4, 0.5) is 5.69 Å². The number of benzene rings is 2. The largest absolute Gasteiger partial charge is 0.484 e. The summed E-state index contributed by atoms with van der Waals surface area (Å²) in [6, 6.07) is 14.1. The van der Waals surface area contributed by atoms with Crippen LogP contribution in [0.5, 0.6) is 5.75 Å². The fraction of sp³-hybridized carbons (Fsp3) is 0.211. The zero-order chi connectivity index (χ0) is 18.4. The molecule has 0 radical (unpaired) electrons. The van der Waals surface area contributed by atoms with E-state index in [-0.39, 0.29) is 12.5 Å². The molecule has 134 valence electrons. The number of ether oxygens (including phenoxy) is 1. The number of hydrogen-bond donors (Lipinski definition) is 1. The van der Waals surface area contributed by atoms with E-state index in [1.165, 1.54) is 0 Å². The summed E-state index contributed by atoms with van der Waals surface area (Å²) in [6.07, 6.45) is 1.71. The fourth-order valence-corrected chi connectivity index (χ4v) is 2.48. The number of nitrogens with one attached hydrogen (secondary N) is 1. The molecule has 3 rings (SSSR count). The number of carbonyl (C=O) groups is 1. The van der Waals surface area contributed by atoms with Crippen molar-refractivity contribution in [1.29, 1.82) is 0 Å². The van der Waals surface area contributed by atoms with Crippen LogP contribution in [0.1, 0.15) is 19.2 Å². The van der Waals surface area contributed by atoms with Crippen LogP contribution in [0, 0.1) is 0 Å². The van der Waals surface area contributed by atoms with Gasteiger partial charge >= 0.3 is 0 Å². The van der Waals surface area contributed by atoms with E-state index in [0.717, 1.165) is 18.4 Å². The van der Waals surface area contributed by atoms with Gasteiger partial charge in [0.1, 0.15) is 5.75 Å². The Bertz CT molecular complexity index is 878. The second-order valence-electron chi connectivity index (χ2n) is 5.62. The Morgan fingerprint density at radius 2 is 2.00 bits per heavy atom. The van der Waals surface area contributed by atoms with Gasteiger partial charge in [-0.2, -0.15) is 0 Å². The van der Waals surface area contributed by atoms with E-state index < -0.39 is 0 Å². The van der Waals surface area contributed by atoms with Crippen molar-refractivity contribution in [2.24, 2.45) is 0 Å². The number of carbonyl (C=O) groups excluding carboxylic acids is 1. The summed E-state index contributed by atoms with van der Waals surface area (Å²) in [6.45, 7) is 1.95. The molecular weight excluding hydrogens is 354 g/mol. The van der Waals surface area contributed by atoms with E-state index >= 15 is 0 Å². The van der Waals surface area contributed by atoms with Crippen molar-refractivity contribution in [3.63, 3.8) is 0 Å². The van der Waals surface area contributed by atoms with Gasteiger partial charge in [0.15, 0.2) is 6.61 Å². The third-order valence-electron chi connectivity index (χ3n) is 3.51. The number of nitrogens with zero attached hydrogens (tertiary/aromatic N) is 2. The number of halogens is 1. The topological polar surface area (TPSA) is 77.2 Å². The highest BCUT2D eigenvalue weighted by molar-refractivity contribution is 6.30. The molecule has 0 atom stereocenters. The molecule has 2 aromatic carbocycles. The van der Waals surface area contributed by atoms with Crippen LogP contribution in [0.2, 0.25) is 5.02 Å². The summed E-state index contributed by atoms with van der Waals surface area (Å²) in [5.41, 5.74) is 1.43. The Kier molecular flexibility index (Phi) is 5.86. The SMILES string of the molecule is CCCc1nnc(-c2ccc(OCC(=O)Nc3cccc(Cl)c3)cc2)o1. The molecule has 7 heteroatoms. The molecule has 0 aliphatic rings. The molecule has 0 unspecified atom stereocenters. The molecule has 6 nitrogen and oxygen atoms in total. The van der Waals surface area contributed by atoms with Crippen LogP contribution in [-0.2, 0) is 11.2 Å². The lowest BCUT2D eigenvalue weighted by Gasteiger charge is -2.08. The van der Waals surface area contributed by atoms with Gasteiger partial charge in [-0.05, 0) is 48.9 Å². The van der Waals surface area contributed by atoms with Crippen LogP contribution in [-0.4, -0.2) is 22.7 Å². The minimum atomic E-state index is -0.266. The van der Waals surface area contributed by atoms with E-state index in [1.807, 2.05) is 12.1 Å². The molecule has 1 heterocycles. The molecule has 0 saturated heterocycles. The Balaban J connectivity index is 1.54.